The van der Waals surface area contributed by atoms with Crippen LogP contribution in [-0.4, -0.2) is 15.9 Å². The van der Waals surface area contributed by atoms with Crippen LogP contribution in [0.4, 0.5) is 0 Å². The van der Waals surface area contributed by atoms with Gasteiger partial charge in [-0.1, -0.05) is 28.1 Å². The summed E-state index contributed by atoms with van der Waals surface area (Å²) in [4.78, 5) is 19.0. The van der Waals surface area contributed by atoms with E-state index in [1.165, 1.54) is 0 Å². The second-order valence-electron chi connectivity index (χ2n) is 4.58. The molecule has 3 N–H and O–H groups in total. The molecular weight excluding hydrogens is 330 g/mol. The predicted molar refractivity (Wildman–Crippen MR) is 85.7 cm³/mol. The van der Waals surface area contributed by atoms with Crippen LogP contribution in [0.3, 0.4) is 0 Å². The average molecular weight is 342 g/mol. The molecule has 0 aliphatic heterocycles. The Morgan fingerprint density at radius 2 is 1.86 bits per heavy atom. The highest BCUT2D eigenvalue weighted by Gasteiger charge is 2.15. The summed E-state index contributed by atoms with van der Waals surface area (Å²) in [6.45, 7) is 0. The molecule has 0 spiro atoms. The van der Waals surface area contributed by atoms with Crippen molar-refractivity contribution in [3.63, 3.8) is 0 Å². The molecule has 0 saturated heterocycles. The van der Waals surface area contributed by atoms with E-state index >= 15 is 0 Å². The molecular formula is C16H12BrN3O. The highest BCUT2D eigenvalue weighted by molar-refractivity contribution is 9.10. The van der Waals surface area contributed by atoms with Crippen molar-refractivity contribution >= 4 is 21.8 Å². The fraction of sp³-hybridized carbons (Fsp3) is 0. The lowest BCUT2D eigenvalue weighted by Crippen LogP contribution is -2.11. The van der Waals surface area contributed by atoms with Crippen LogP contribution in [0.1, 0.15) is 10.4 Å². The lowest BCUT2D eigenvalue weighted by atomic mass is 10.1. The SMILES string of the molecule is NC(=O)c1cc(-c2ccncc2)[nH]c1-c1cccc(Br)c1. The highest BCUT2D eigenvalue weighted by Crippen LogP contribution is 2.30. The summed E-state index contributed by atoms with van der Waals surface area (Å²) in [5, 5.41) is 0. The third-order valence-electron chi connectivity index (χ3n) is 3.19. The number of rotatable bonds is 3. The zero-order valence-corrected chi connectivity index (χ0v) is 12.6. The standard InChI is InChI=1S/C16H12BrN3O/c17-12-3-1-2-11(8-12)15-13(16(18)21)9-14(20-15)10-4-6-19-7-5-10/h1-9,20H,(H2,18,21). The number of aromatic nitrogens is 2. The van der Waals surface area contributed by atoms with Crippen LogP contribution in [0.15, 0.2) is 59.3 Å². The molecule has 3 rings (SSSR count). The Hall–Kier alpha value is -2.40. The molecule has 0 aliphatic rings. The zero-order chi connectivity index (χ0) is 14.8. The van der Waals surface area contributed by atoms with Crippen molar-refractivity contribution in [1.29, 1.82) is 0 Å². The molecule has 0 aliphatic carbocycles. The van der Waals surface area contributed by atoms with Crippen LogP contribution in [0.2, 0.25) is 0 Å². The summed E-state index contributed by atoms with van der Waals surface area (Å²) in [6, 6.07) is 13.2. The number of halogens is 1. The van der Waals surface area contributed by atoms with Gasteiger partial charge in [-0.3, -0.25) is 9.78 Å². The Morgan fingerprint density at radius 1 is 1.10 bits per heavy atom. The molecule has 21 heavy (non-hydrogen) atoms. The Bertz CT molecular complexity index is 796. The van der Waals surface area contributed by atoms with E-state index in [9.17, 15) is 4.79 Å². The minimum absolute atomic E-state index is 0.457. The summed E-state index contributed by atoms with van der Waals surface area (Å²) in [5.41, 5.74) is 9.38. The third kappa shape index (κ3) is 2.73. The number of hydrogen-bond donors (Lipinski definition) is 2. The first-order valence-electron chi connectivity index (χ1n) is 6.34. The number of pyridine rings is 1. The van der Waals surface area contributed by atoms with E-state index in [-0.39, 0.29) is 0 Å². The van der Waals surface area contributed by atoms with Gasteiger partial charge in [-0.05, 0) is 35.9 Å². The van der Waals surface area contributed by atoms with Crippen molar-refractivity contribution in [3.05, 3.63) is 64.9 Å². The van der Waals surface area contributed by atoms with Crippen LogP contribution in [0.25, 0.3) is 22.5 Å². The van der Waals surface area contributed by atoms with E-state index in [4.69, 9.17) is 5.73 Å². The van der Waals surface area contributed by atoms with Gasteiger partial charge >= 0.3 is 0 Å². The maximum absolute atomic E-state index is 11.7. The number of hydrogen-bond acceptors (Lipinski definition) is 2. The predicted octanol–water partition coefficient (Wildman–Crippen LogP) is 3.61. The molecule has 0 radical (unpaired) electrons. The van der Waals surface area contributed by atoms with Crippen LogP contribution >= 0.6 is 15.9 Å². The van der Waals surface area contributed by atoms with Crippen LogP contribution < -0.4 is 5.73 Å². The molecule has 0 fully saturated rings. The number of aromatic amines is 1. The molecule has 1 aromatic carbocycles. The van der Waals surface area contributed by atoms with E-state index in [1.54, 1.807) is 18.5 Å². The van der Waals surface area contributed by atoms with Gasteiger partial charge in [-0.25, -0.2) is 0 Å². The summed E-state index contributed by atoms with van der Waals surface area (Å²) < 4.78 is 0.940. The Labute approximate surface area is 130 Å². The molecule has 0 bridgehead atoms. The number of primary amides is 1. The van der Waals surface area contributed by atoms with E-state index in [1.807, 2.05) is 36.4 Å². The maximum Gasteiger partial charge on any atom is 0.250 e. The van der Waals surface area contributed by atoms with Crippen molar-refractivity contribution in [2.45, 2.75) is 0 Å². The van der Waals surface area contributed by atoms with Crippen molar-refractivity contribution in [3.8, 4) is 22.5 Å². The number of carbonyl (C=O) groups excluding carboxylic acids is 1. The number of amides is 1. The quantitative estimate of drug-likeness (QED) is 0.763. The summed E-state index contributed by atoms with van der Waals surface area (Å²) >= 11 is 3.43. The van der Waals surface area contributed by atoms with Gasteiger partial charge in [0.25, 0.3) is 5.91 Å². The van der Waals surface area contributed by atoms with Gasteiger partial charge in [-0.2, -0.15) is 0 Å². The number of H-pyrrole nitrogens is 1. The molecule has 104 valence electrons. The maximum atomic E-state index is 11.7. The second-order valence-corrected chi connectivity index (χ2v) is 5.50. The molecule has 2 heterocycles. The molecule has 0 saturated carbocycles. The van der Waals surface area contributed by atoms with Crippen LogP contribution in [0.5, 0.6) is 0 Å². The number of nitrogens with one attached hydrogen (secondary N) is 1. The number of nitrogens with zero attached hydrogens (tertiary/aromatic N) is 1. The van der Waals surface area contributed by atoms with Crippen molar-refractivity contribution < 1.29 is 4.79 Å². The fourth-order valence-corrected chi connectivity index (χ4v) is 2.61. The topological polar surface area (TPSA) is 71.8 Å². The Morgan fingerprint density at radius 3 is 2.52 bits per heavy atom. The van der Waals surface area contributed by atoms with Crippen LogP contribution in [-0.2, 0) is 0 Å². The first-order valence-corrected chi connectivity index (χ1v) is 7.13. The van der Waals surface area contributed by atoms with E-state index < -0.39 is 5.91 Å². The number of benzene rings is 1. The molecule has 5 heteroatoms. The zero-order valence-electron chi connectivity index (χ0n) is 11.0. The highest BCUT2D eigenvalue weighted by atomic mass is 79.9. The fourth-order valence-electron chi connectivity index (χ4n) is 2.21. The van der Waals surface area contributed by atoms with Crippen molar-refractivity contribution in [2.75, 3.05) is 0 Å². The van der Waals surface area contributed by atoms with Gasteiger partial charge in [-0.15, -0.1) is 0 Å². The minimum atomic E-state index is -0.457. The normalized spacial score (nSPS) is 10.5. The molecule has 0 atom stereocenters. The minimum Gasteiger partial charge on any atom is -0.366 e. The number of carbonyl (C=O) groups is 1. The lowest BCUT2D eigenvalue weighted by Gasteiger charge is -2.02. The van der Waals surface area contributed by atoms with E-state index in [0.29, 0.717) is 5.56 Å². The summed E-state index contributed by atoms with van der Waals surface area (Å²) in [7, 11) is 0. The first kappa shape index (κ1) is 13.6. The van der Waals surface area contributed by atoms with Gasteiger partial charge in [0.15, 0.2) is 0 Å². The van der Waals surface area contributed by atoms with E-state index in [2.05, 4.69) is 25.9 Å². The van der Waals surface area contributed by atoms with Crippen molar-refractivity contribution in [1.82, 2.24) is 9.97 Å². The molecule has 1 amide bonds. The largest absolute Gasteiger partial charge is 0.366 e. The average Bonchev–Trinajstić information content (AvgIpc) is 2.93. The molecule has 3 aromatic rings. The van der Waals surface area contributed by atoms with Crippen LogP contribution in [0, 0.1) is 0 Å². The first-order chi connectivity index (χ1) is 10.1. The summed E-state index contributed by atoms with van der Waals surface area (Å²) in [6.07, 6.45) is 3.41. The molecule has 0 unspecified atom stereocenters. The van der Waals surface area contributed by atoms with Crippen molar-refractivity contribution in [2.24, 2.45) is 5.73 Å². The van der Waals surface area contributed by atoms with Gasteiger partial charge in [0, 0.05) is 28.1 Å². The molecule has 4 nitrogen and oxygen atoms in total. The van der Waals surface area contributed by atoms with Gasteiger partial charge in [0.1, 0.15) is 0 Å². The Balaban J connectivity index is 2.16. The lowest BCUT2D eigenvalue weighted by molar-refractivity contribution is 0.100. The molecule has 2 aromatic heterocycles. The van der Waals surface area contributed by atoms with Gasteiger partial charge < -0.3 is 10.7 Å². The van der Waals surface area contributed by atoms with Gasteiger partial charge in [0.2, 0.25) is 0 Å². The second kappa shape index (κ2) is 5.54. The smallest absolute Gasteiger partial charge is 0.250 e. The Kier molecular flexibility index (Phi) is 3.58. The number of nitrogens with two attached hydrogens (primary N) is 1. The summed E-state index contributed by atoms with van der Waals surface area (Å²) in [5.74, 6) is -0.457. The van der Waals surface area contributed by atoms with E-state index in [0.717, 1.165) is 27.0 Å². The monoisotopic (exact) mass is 341 g/mol. The van der Waals surface area contributed by atoms with Gasteiger partial charge in [0.05, 0.1) is 11.3 Å². The third-order valence-corrected chi connectivity index (χ3v) is 3.68.